The second-order valence-electron chi connectivity index (χ2n) is 20.8. The molecule has 14 heteroatoms. The fraction of sp³-hybridized carbons (Fsp3) is 0.273. The van der Waals surface area contributed by atoms with Crippen molar-refractivity contribution in [2.75, 3.05) is 52.5 Å². The number of ether oxygens (including phenoxy) is 4. The van der Waals surface area contributed by atoms with Crippen molar-refractivity contribution in [2.45, 2.75) is 62.1 Å². The monoisotopic (exact) mass is 1070 g/mol. The molecule has 7 atom stereocenters. The standard InChI is InChI=1S/C66H63N5O9/c1-43(46-23-11-6-12-24-46)67-65(76)70-53-32-31-44(22-19-34-68(2)41-45-20-9-5-10-21-45)38-52(53)66(64(70)75)57(62(73)69-35-33-49-39-55(77-3)56(78-4)40-50(49)42-69)59-63(74)80-60(48-27-15-8-16-28-48)58(47-25-13-7-14-26-47)71(59)61(66)51-29-17-18-30-54(51)79-37-36-72/h5-18,20-21,23-32,38-40,43,57-61,72H,33-37,41-42H2,1-4H3,(H,67,76)/t43-,57+,58+,59+,60-,61-,66+/m1/s1. The van der Waals surface area contributed by atoms with E-state index in [-0.39, 0.29) is 32.0 Å². The Morgan fingerprint density at radius 3 is 2.10 bits per heavy atom. The third-order valence-electron chi connectivity index (χ3n) is 16.0. The van der Waals surface area contributed by atoms with E-state index >= 15 is 19.2 Å². The molecule has 7 aromatic carbocycles. The van der Waals surface area contributed by atoms with Gasteiger partial charge in [-0.05, 0) is 95.7 Å². The number of rotatable bonds is 14. The maximum Gasteiger partial charge on any atom is 0.329 e. The van der Waals surface area contributed by atoms with Crippen LogP contribution in [0.4, 0.5) is 10.5 Å². The van der Waals surface area contributed by atoms with Crippen LogP contribution in [0, 0.1) is 17.8 Å². The zero-order chi connectivity index (χ0) is 55.5. The molecule has 1 spiro atoms. The van der Waals surface area contributed by atoms with Crippen molar-refractivity contribution < 1.29 is 43.2 Å². The third-order valence-corrected chi connectivity index (χ3v) is 16.0. The SMILES string of the molecule is COc1cc2c(cc1OC)CN(C(=O)[C@@H]1[C@H]3C(=O)O[C@H](c4ccccc4)[C@H](c4ccccc4)N3[C@H](c3ccccc3OCCO)[C@@]13C(=O)N(C(=O)N[C@H](C)c1ccccc1)c1ccc(C#CCN(C)Cc4ccccc4)cc13)CC2. The molecule has 4 aliphatic rings. The molecule has 7 aromatic rings. The second-order valence-corrected chi connectivity index (χ2v) is 20.8. The maximum atomic E-state index is 17.2. The van der Waals surface area contributed by atoms with Crippen LogP contribution in [0.15, 0.2) is 176 Å². The number of benzene rings is 7. The molecule has 0 radical (unpaired) electrons. The van der Waals surface area contributed by atoms with Gasteiger partial charge in [0.1, 0.15) is 29.9 Å². The van der Waals surface area contributed by atoms with E-state index in [0.717, 1.165) is 32.7 Å². The predicted octanol–water partition coefficient (Wildman–Crippen LogP) is 9.28. The molecule has 2 saturated heterocycles. The van der Waals surface area contributed by atoms with E-state index in [2.05, 4.69) is 34.2 Å². The third kappa shape index (κ3) is 9.71. The van der Waals surface area contributed by atoms with Gasteiger partial charge < -0.3 is 34.3 Å². The number of para-hydroxylation sites is 1. The number of anilines is 1. The molecular formula is C66H63N5O9. The number of aliphatic hydroxyl groups is 1. The van der Waals surface area contributed by atoms with Gasteiger partial charge in [0.15, 0.2) is 11.5 Å². The highest BCUT2D eigenvalue weighted by molar-refractivity contribution is 6.25. The van der Waals surface area contributed by atoms with Crippen molar-refractivity contribution in [3.05, 3.63) is 226 Å². The molecular weight excluding hydrogens is 1010 g/mol. The van der Waals surface area contributed by atoms with Crippen LogP contribution in [0.25, 0.3) is 0 Å². The summed E-state index contributed by atoms with van der Waals surface area (Å²) in [4.78, 5) is 72.4. The smallest absolute Gasteiger partial charge is 0.329 e. The summed E-state index contributed by atoms with van der Waals surface area (Å²) in [7, 11) is 5.13. The summed E-state index contributed by atoms with van der Waals surface area (Å²) in [5.74, 6) is 4.65. The van der Waals surface area contributed by atoms with Gasteiger partial charge in [0.25, 0.3) is 0 Å². The lowest BCUT2D eigenvalue weighted by molar-refractivity contribution is -0.179. The highest BCUT2D eigenvalue weighted by Crippen LogP contribution is 2.67. The lowest BCUT2D eigenvalue weighted by Gasteiger charge is -2.46. The van der Waals surface area contributed by atoms with Crippen LogP contribution in [0.1, 0.15) is 81.2 Å². The number of nitrogens with zero attached hydrogens (tertiary/aromatic N) is 4. The van der Waals surface area contributed by atoms with Gasteiger partial charge in [-0.1, -0.05) is 151 Å². The fourth-order valence-electron chi connectivity index (χ4n) is 12.5. The lowest BCUT2D eigenvalue weighted by Crippen LogP contribution is -2.57. The van der Waals surface area contributed by atoms with Gasteiger partial charge >= 0.3 is 12.0 Å². The van der Waals surface area contributed by atoms with Gasteiger partial charge in [-0.3, -0.25) is 24.2 Å². The first-order valence-corrected chi connectivity index (χ1v) is 27.0. The van der Waals surface area contributed by atoms with E-state index in [1.165, 1.54) is 0 Å². The molecule has 4 amide bonds. The molecule has 2 N–H and O–H groups in total. The zero-order valence-corrected chi connectivity index (χ0v) is 45.2. The molecule has 2 fully saturated rings. The molecule has 0 unspecified atom stereocenters. The van der Waals surface area contributed by atoms with Crippen molar-refractivity contribution in [2.24, 2.45) is 5.92 Å². The summed E-state index contributed by atoms with van der Waals surface area (Å²) in [6, 6.07) is 50.3. The Kier molecular flexibility index (Phi) is 15.3. The fourth-order valence-corrected chi connectivity index (χ4v) is 12.5. The first-order valence-electron chi connectivity index (χ1n) is 27.0. The number of carbonyl (C=O) groups is 4. The molecule has 80 heavy (non-hydrogen) atoms. The topological polar surface area (TPSA) is 150 Å². The number of methoxy groups -OCH3 is 2. The minimum atomic E-state index is -2.08. The number of nitrogens with one attached hydrogen (secondary N) is 1. The van der Waals surface area contributed by atoms with Gasteiger partial charge in [-0.25, -0.2) is 9.69 Å². The van der Waals surface area contributed by atoms with E-state index in [1.54, 1.807) is 43.4 Å². The first kappa shape index (κ1) is 53.3. The van der Waals surface area contributed by atoms with Crippen LogP contribution in [0.3, 0.4) is 0 Å². The van der Waals surface area contributed by atoms with E-state index in [4.69, 9.17) is 18.9 Å². The maximum absolute atomic E-state index is 17.2. The lowest BCUT2D eigenvalue weighted by atomic mass is 9.64. The van der Waals surface area contributed by atoms with E-state index < -0.39 is 65.4 Å². The van der Waals surface area contributed by atoms with Gasteiger partial charge in [-0.2, -0.15) is 0 Å². The Labute approximate surface area is 466 Å². The Balaban J connectivity index is 1.17. The first-order chi connectivity index (χ1) is 39.0. The average Bonchev–Trinajstić information content (AvgIpc) is 1.90. The number of esters is 1. The Hall–Kier alpha value is -8.74. The minimum absolute atomic E-state index is 0.102. The van der Waals surface area contributed by atoms with Crippen LogP contribution in [0.5, 0.6) is 17.2 Å². The number of urea groups is 1. The number of cyclic esters (lactones) is 1. The normalized spacial score (nSPS) is 21.4. The largest absolute Gasteiger partial charge is 0.493 e. The Morgan fingerprint density at radius 1 is 0.775 bits per heavy atom. The Morgan fingerprint density at radius 2 is 1.41 bits per heavy atom. The quantitative estimate of drug-likeness (QED) is 0.0793. The van der Waals surface area contributed by atoms with Crippen LogP contribution in [0.2, 0.25) is 0 Å². The number of hydrogen-bond donors (Lipinski definition) is 2. The van der Waals surface area contributed by atoms with Crippen LogP contribution in [-0.2, 0) is 44.0 Å². The molecule has 4 aliphatic heterocycles. The number of amides is 4. The van der Waals surface area contributed by atoms with Gasteiger partial charge in [0, 0.05) is 30.8 Å². The van der Waals surface area contributed by atoms with Gasteiger partial charge in [-0.15, -0.1) is 0 Å². The molecule has 0 bridgehead atoms. The van der Waals surface area contributed by atoms with E-state index in [0.29, 0.717) is 59.0 Å². The highest BCUT2D eigenvalue weighted by atomic mass is 16.6. The molecule has 0 aliphatic carbocycles. The van der Waals surface area contributed by atoms with Crippen LogP contribution < -0.4 is 24.4 Å². The summed E-state index contributed by atoms with van der Waals surface area (Å²) in [5.41, 5.74) is 4.65. The van der Waals surface area contributed by atoms with Crippen LogP contribution >= 0.6 is 0 Å². The molecule has 4 heterocycles. The average molecular weight is 1070 g/mol. The molecule has 406 valence electrons. The number of carbonyl (C=O) groups excluding carboxylic acids is 4. The van der Waals surface area contributed by atoms with Gasteiger partial charge in [0.05, 0.1) is 57.1 Å². The molecule has 0 saturated carbocycles. The summed E-state index contributed by atoms with van der Waals surface area (Å²) in [5, 5.41) is 13.4. The number of aliphatic hydroxyl groups excluding tert-OH is 1. The highest BCUT2D eigenvalue weighted by Gasteiger charge is 2.76. The zero-order valence-electron chi connectivity index (χ0n) is 45.2. The summed E-state index contributed by atoms with van der Waals surface area (Å²) in [6.07, 6.45) is -0.517. The number of fused-ring (bicyclic) bond motifs is 4. The number of hydrogen-bond acceptors (Lipinski definition) is 11. The second kappa shape index (κ2) is 22.9. The van der Waals surface area contributed by atoms with Crippen molar-refractivity contribution in [3.63, 3.8) is 0 Å². The minimum Gasteiger partial charge on any atom is -0.493 e. The van der Waals surface area contributed by atoms with E-state index in [1.807, 2.05) is 158 Å². The van der Waals surface area contributed by atoms with Crippen molar-refractivity contribution in [3.8, 4) is 29.1 Å². The van der Waals surface area contributed by atoms with Gasteiger partial charge in [0.2, 0.25) is 11.8 Å². The van der Waals surface area contributed by atoms with E-state index in [9.17, 15) is 5.11 Å². The van der Waals surface area contributed by atoms with Crippen molar-refractivity contribution in [1.29, 1.82) is 0 Å². The number of morpholine rings is 1. The molecule has 11 rings (SSSR count). The van der Waals surface area contributed by atoms with Crippen LogP contribution in [-0.4, -0.2) is 97.2 Å². The van der Waals surface area contributed by atoms with Crippen molar-refractivity contribution in [1.82, 2.24) is 20.0 Å². The molecule has 0 aromatic heterocycles. The Bertz CT molecular complexity index is 3480. The molecule has 14 nitrogen and oxygen atoms in total. The predicted molar refractivity (Wildman–Crippen MR) is 303 cm³/mol. The summed E-state index contributed by atoms with van der Waals surface area (Å²) in [6.45, 7) is 2.82. The summed E-state index contributed by atoms with van der Waals surface area (Å²) >= 11 is 0. The van der Waals surface area contributed by atoms with Crippen molar-refractivity contribution >= 4 is 29.5 Å². The number of imide groups is 1. The summed E-state index contributed by atoms with van der Waals surface area (Å²) < 4.78 is 24.7.